The number of aryl methyl sites for hydroxylation is 1. The molecule has 3 aromatic carbocycles. The number of carbonyl (C=O) groups excluding carboxylic acids is 1. The van der Waals surface area contributed by atoms with Gasteiger partial charge in [-0.25, -0.2) is 0 Å². The summed E-state index contributed by atoms with van der Waals surface area (Å²) in [5, 5.41) is 0. The SMILES string of the molecule is Cc1ccc(-c2cccc3c2C(=S)c2ccccc2C3=O)cc1. The highest BCUT2D eigenvalue weighted by molar-refractivity contribution is 7.81. The average Bonchev–Trinajstić information content (AvgIpc) is 2.60. The lowest BCUT2D eigenvalue weighted by Gasteiger charge is -2.22. The van der Waals surface area contributed by atoms with Crippen LogP contribution in [0.3, 0.4) is 0 Å². The number of fused-ring (bicyclic) bond motifs is 2. The molecule has 4 rings (SSSR count). The van der Waals surface area contributed by atoms with E-state index in [0.717, 1.165) is 27.1 Å². The van der Waals surface area contributed by atoms with E-state index in [4.69, 9.17) is 12.2 Å². The first kappa shape index (κ1) is 14.0. The van der Waals surface area contributed by atoms with Crippen LogP contribution >= 0.6 is 12.2 Å². The molecule has 0 N–H and O–H groups in total. The summed E-state index contributed by atoms with van der Waals surface area (Å²) in [5.41, 5.74) is 6.47. The minimum Gasteiger partial charge on any atom is -0.289 e. The van der Waals surface area contributed by atoms with Gasteiger partial charge in [0.2, 0.25) is 0 Å². The van der Waals surface area contributed by atoms with E-state index in [0.29, 0.717) is 11.1 Å². The average molecular weight is 314 g/mol. The summed E-state index contributed by atoms with van der Waals surface area (Å²) in [5.74, 6) is 0.0539. The van der Waals surface area contributed by atoms with Crippen molar-refractivity contribution in [2.45, 2.75) is 6.92 Å². The Balaban J connectivity index is 1.99. The third-order valence-electron chi connectivity index (χ3n) is 4.32. The molecule has 0 spiro atoms. The second-order valence-corrected chi connectivity index (χ2v) is 6.21. The molecule has 1 aliphatic carbocycles. The van der Waals surface area contributed by atoms with Gasteiger partial charge in [0.05, 0.1) is 4.86 Å². The monoisotopic (exact) mass is 314 g/mol. The number of hydrogen-bond donors (Lipinski definition) is 0. The summed E-state index contributed by atoms with van der Waals surface area (Å²) in [6.45, 7) is 2.06. The summed E-state index contributed by atoms with van der Waals surface area (Å²) in [7, 11) is 0. The molecule has 0 bridgehead atoms. The van der Waals surface area contributed by atoms with Gasteiger partial charge in [-0.2, -0.15) is 0 Å². The molecule has 0 heterocycles. The van der Waals surface area contributed by atoms with Gasteiger partial charge in [0.25, 0.3) is 0 Å². The normalized spacial score (nSPS) is 12.7. The van der Waals surface area contributed by atoms with Gasteiger partial charge in [0.15, 0.2) is 5.78 Å². The lowest BCUT2D eigenvalue weighted by molar-refractivity contribution is 0.103. The first-order chi connectivity index (χ1) is 11.2. The van der Waals surface area contributed by atoms with E-state index < -0.39 is 0 Å². The van der Waals surface area contributed by atoms with E-state index in [-0.39, 0.29) is 5.78 Å². The molecule has 3 aromatic rings. The Morgan fingerprint density at radius 2 is 1.30 bits per heavy atom. The Labute approximate surface area is 140 Å². The largest absolute Gasteiger partial charge is 0.289 e. The van der Waals surface area contributed by atoms with Crippen molar-refractivity contribution in [2.24, 2.45) is 0 Å². The Hall–Kier alpha value is -2.58. The Morgan fingerprint density at radius 1 is 0.696 bits per heavy atom. The Morgan fingerprint density at radius 3 is 2.04 bits per heavy atom. The third-order valence-corrected chi connectivity index (χ3v) is 4.74. The molecule has 23 heavy (non-hydrogen) atoms. The van der Waals surface area contributed by atoms with Crippen LogP contribution < -0.4 is 0 Å². The molecule has 0 fully saturated rings. The fourth-order valence-electron chi connectivity index (χ4n) is 3.12. The van der Waals surface area contributed by atoms with Crippen LogP contribution in [0.4, 0.5) is 0 Å². The zero-order valence-electron chi connectivity index (χ0n) is 12.7. The molecule has 0 atom stereocenters. The van der Waals surface area contributed by atoms with E-state index in [1.807, 2.05) is 42.5 Å². The van der Waals surface area contributed by atoms with Crippen molar-refractivity contribution in [1.82, 2.24) is 0 Å². The first-order valence-corrected chi connectivity index (χ1v) is 7.96. The zero-order chi connectivity index (χ0) is 16.0. The number of rotatable bonds is 1. The molecule has 0 amide bonds. The summed E-state index contributed by atoms with van der Waals surface area (Å²) in [4.78, 5) is 13.6. The molecule has 2 heteroatoms. The summed E-state index contributed by atoms with van der Waals surface area (Å²) in [6.07, 6.45) is 0. The van der Waals surface area contributed by atoms with Crippen LogP contribution in [-0.2, 0) is 0 Å². The maximum Gasteiger partial charge on any atom is 0.194 e. The second-order valence-electron chi connectivity index (χ2n) is 5.80. The van der Waals surface area contributed by atoms with E-state index >= 15 is 0 Å². The summed E-state index contributed by atoms with van der Waals surface area (Å²) < 4.78 is 0. The number of thiocarbonyl (C=S) groups is 1. The fraction of sp³-hybridized carbons (Fsp3) is 0.0476. The highest BCUT2D eigenvalue weighted by Crippen LogP contribution is 2.34. The molecular formula is C21H14OS. The van der Waals surface area contributed by atoms with Gasteiger partial charge in [0.1, 0.15) is 0 Å². The zero-order valence-corrected chi connectivity index (χ0v) is 13.5. The van der Waals surface area contributed by atoms with Gasteiger partial charge in [-0.3, -0.25) is 4.79 Å². The third kappa shape index (κ3) is 2.14. The predicted octanol–water partition coefficient (Wildman–Crippen LogP) is 4.97. The van der Waals surface area contributed by atoms with Crippen LogP contribution in [0.15, 0.2) is 66.7 Å². The highest BCUT2D eigenvalue weighted by atomic mass is 32.1. The van der Waals surface area contributed by atoms with Crippen LogP contribution in [0.25, 0.3) is 11.1 Å². The lowest BCUT2D eigenvalue weighted by Crippen LogP contribution is -2.20. The molecule has 0 radical (unpaired) electrons. The number of benzene rings is 3. The topological polar surface area (TPSA) is 17.1 Å². The maximum absolute atomic E-state index is 12.8. The van der Waals surface area contributed by atoms with Gasteiger partial charge < -0.3 is 0 Å². The van der Waals surface area contributed by atoms with Crippen molar-refractivity contribution in [1.29, 1.82) is 0 Å². The van der Waals surface area contributed by atoms with Gasteiger partial charge in [-0.15, -0.1) is 0 Å². The van der Waals surface area contributed by atoms with Gasteiger partial charge in [-0.05, 0) is 18.1 Å². The predicted molar refractivity (Wildman–Crippen MR) is 97.3 cm³/mol. The maximum atomic E-state index is 12.8. The lowest BCUT2D eigenvalue weighted by atomic mass is 9.81. The van der Waals surface area contributed by atoms with Gasteiger partial charge >= 0.3 is 0 Å². The molecule has 0 aliphatic heterocycles. The van der Waals surface area contributed by atoms with Crippen LogP contribution in [-0.4, -0.2) is 10.6 Å². The van der Waals surface area contributed by atoms with Crippen LogP contribution in [0, 0.1) is 6.92 Å². The smallest absolute Gasteiger partial charge is 0.194 e. The van der Waals surface area contributed by atoms with Crippen molar-refractivity contribution in [3.63, 3.8) is 0 Å². The fourth-order valence-corrected chi connectivity index (χ4v) is 3.52. The Kier molecular flexibility index (Phi) is 3.21. The van der Waals surface area contributed by atoms with Crippen molar-refractivity contribution < 1.29 is 4.79 Å². The minimum atomic E-state index is 0.0539. The molecular weight excluding hydrogens is 300 g/mol. The molecule has 0 saturated heterocycles. The molecule has 1 aliphatic rings. The van der Waals surface area contributed by atoms with E-state index in [9.17, 15) is 4.79 Å². The van der Waals surface area contributed by atoms with E-state index in [1.54, 1.807) is 0 Å². The van der Waals surface area contributed by atoms with Crippen molar-refractivity contribution in [3.05, 3.63) is 94.5 Å². The molecule has 110 valence electrons. The molecule has 0 aromatic heterocycles. The van der Waals surface area contributed by atoms with E-state index in [1.165, 1.54) is 5.56 Å². The molecule has 0 saturated carbocycles. The van der Waals surface area contributed by atoms with Crippen LogP contribution in [0.5, 0.6) is 0 Å². The summed E-state index contributed by atoms with van der Waals surface area (Å²) >= 11 is 5.73. The van der Waals surface area contributed by atoms with Crippen LogP contribution in [0.1, 0.15) is 32.6 Å². The first-order valence-electron chi connectivity index (χ1n) is 7.55. The minimum absolute atomic E-state index is 0.0539. The van der Waals surface area contributed by atoms with Crippen molar-refractivity contribution in [3.8, 4) is 11.1 Å². The number of carbonyl (C=O) groups is 1. The second kappa shape index (κ2) is 5.25. The highest BCUT2D eigenvalue weighted by Gasteiger charge is 2.28. The van der Waals surface area contributed by atoms with Gasteiger partial charge in [0, 0.05) is 22.3 Å². The standard InChI is InChI=1S/C21H14OS/c1-13-9-11-14(12-10-13)15-7-4-8-18-19(15)21(23)17-6-3-2-5-16(17)20(18)22/h2-12H,1H3. The van der Waals surface area contributed by atoms with Crippen molar-refractivity contribution in [2.75, 3.05) is 0 Å². The van der Waals surface area contributed by atoms with Crippen molar-refractivity contribution >= 4 is 22.9 Å². The summed E-state index contributed by atoms with van der Waals surface area (Å²) in [6, 6.07) is 21.8. The quantitative estimate of drug-likeness (QED) is 0.461. The van der Waals surface area contributed by atoms with Gasteiger partial charge in [-0.1, -0.05) is 84.5 Å². The molecule has 1 nitrogen and oxygen atoms in total. The van der Waals surface area contributed by atoms with Crippen LogP contribution in [0.2, 0.25) is 0 Å². The molecule has 0 unspecified atom stereocenters. The number of ketones is 1. The van der Waals surface area contributed by atoms with E-state index in [2.05, 4.69) is 31.2 Å². The number of hydrogen-bond acceptors (Lipinski definition) is 2. The Bertz CT molecular complexity index is 952.